The average Bonchev–Trinajstić information content (AvgIpc) is 2.39. The third-order valence-electron chi connectivity index (χ3n) is 2.62. The number of fused-ring (bicyclic) bond motifs is 1. The maximum absolute atomic E-state index is 11.6. The number of rotatable bonds is 3. The van der Waals surface area contributed by atoms with Crippen LogP contribution >= 0.6 is 0 Å². The van der Waals surface area contributed by atoms with Crippen molar-refractivity contribution in [1.82, 2.24) is 0 Å². The Bertz CT molecular complexity index is 600. The Kier molecular flexibility index (Phi) is 3.57. The molecule has 0 saturated heterocycles. The van der Waals surface area contributed by atoms with Gasteiger partial charge in [0.25, 0.3) is 0 Å². The van der Waals surface area contributed by atoms with Crippen LogP contribution in [0.5, 0.6) is 0 Å². The first kappa shape index (κ1) is 12.1. The first-order chi connectivity index (χ1) is 8.70. The summed E-state index contributed by atoms with van der Waals surface area (Å²) in [7, 11) is 1.26. The van der Waals surface area contributed by atoms with E-state index < -0.39 is 5.97 Å². The highest BCUT2D eigenvalue weighted by molar-refractivity contribution is 5.98. The van der Waals surface area contributed by atoms with E-state index in [2.05, 4.69) is 4.74 Å². The Morgan fingerprint density at radius 1 is 1.28 bits per heavy atom. The van der Waals surface area contributed by atoms with E-state index in [9.17, 15) is 10.0 Å². The first-order valence-corrected chi connectivity index (χ1v) is 5.54. The van der Waals surface area contributed by atoms with Gasteiger partial charge in [0.1, 0.15) is 0 Å². The summed E-state index contributed by atoms with van der Waals surface area (Å²) in [6.07, 6.45) is 1.40. The quantitative estimate of drug-likeness (QED) is 0.272. The Balaban J connectivity index is 2.36. The Morgan fingerprint density at radius 2 is 2.00 bits per heavy atom. The molecule has 4 heteroatoms. The first-order valence-electron chi connectivity index (χ1n) is 5.54. The number of hydrogen-bond acceptors (Lipinski definition) is 3. The van der Waals surface area contributed by atoms with Crippen LogP contribution in [0.15, 0.2) is 42.5 Å². The van der Waals surface area contributed by atoms with Crippen molar-refractivity contribution in [2.24, 2.45) is 0 Å². The molecule has 0 N–H and O–H groups in total. The van der Waals surface area contributed by atoms with Crippen LogP contribution in [0.25, 0.3) is 10.8 Å². The minimum Gasteiger partial charge on any atom is -0.623 e. The van der Waals surface area contributed by atoms with Crippen molar-refractivity contribution in [2.75, 3.05) is 13.7 Å². The van der Waals surface area contributed by atoms with Gasteiger partial charge in [0.05, 0.1) is 7.11 Å². The third-order valence-corrected chi connectivity index (χ3v) is 2.62. The second-order valence-corrected chi connectivity index (χ2v) is 3.85. The maximum atomic E-state index is 11.6. The fraction of sp³-hybridized carbons (Fsp3) is 0.143. The molecule has 0 aliphatic heterocycles. The molecule has 2 aromatic carbocycles. The van der Waals surface area contributed by atoms with Crippen LogP contribution in [-0.2, 0) is 9.53 Å². The van der Waals surface area contributed by atoms with Gasteiger partial charge in [-0.2, -0.15) is 4.74 Å². The Morgan fingerprint density at radius 3 is 2.78 bits per heavy atom. The van der Waals surface area contributed by atoms with E-state index in [1.54, 1.807) is 0 Å². The van der Waals surface area contributed by atoms with Gasteiger partial charge in [-0.3, -0.25) is 0 Å². The highest BCUT2D eigenvalue weighted by Crippen LogP contribution is 2.16. The zero-order valence-electron chi connectivity index (χ0n) is 10.00. The third kappa shape index (κ3) is 2.66. The molecule has 0 aliphatic rings. The molecule has 2 rings (SSSR count). The van der Waals surface area contributed by atoms with E-state index >= 15 is 0 Å². The number of ether oxygens (including phenoxy) is 1. The van der Waals surface area contributed by atoms with Crippen LogP contribution in [-0.4, -0.2) is 30.6 Å². The molecule has 18 heavy (non-hydrogen) atoms. The summed E-state index contributed by atoms with van der Waals surface area (Å²) in [5.41, 5.74) is 0.784. The van der Waals surface area contributed by atoms with Gasteiger partial charge < -0.3 is 9.94 Å². The van der Waals surface area contributed by atoms with Gasteiger partial charge in [-0.25, -0.2) is 4.79 Å². The highest BCUT2D eigenvalue weighted by atomic mass is 16.5. The van der Waals surface area contributed by atoms with E-state index in [1.807, 2.05) is 42.5 Å². The Labute approximate surface area is 105 Å². The summed E-state index contributed by atoms with van der Waals surface area (Å²) in [5.74, 6) is -0.554. The van der Waals surface area contributed by atoms with Gasteiger partial charge in [0, 0.05) is 5.56 Å². The van der Waals surface area contributed by atoms with Gasteiger partial charge in [-0.05, 0) is 16.8 Å². The molecule has 92 valence electrons. The number of hydroxylamine groups is 1. The van der Waals surface area contributed by atoms with E-state index in [0.29, 0.717) is 4.74 Å². The molecule has 0 fully saturated rings. The summed E-state index contributed by atoms with van der Waals surface area (Å²) < 4.78 is 5.02. The van der Waals surface area contributed by atoms with Gasteiger partial charge >= 0.3 is 5.97 Å². The van der Waals surface area contributed by atoms with Crippen molar-refractivity contribution >= 4 is 23.0 Å². The van der Waals surface area contributed by atoms with Gasteiger partial charge in [-0.15, -0.1) is 0 Å². The van der Waals surface area contributed by atoms with Crippen molar-refractivity contribution in [2.45, 2.75) is 0 Å². The van der Waals surface area contributed by atoms with Crippen LogP contribution < -0.4 is 0 Å². The number of nitrogens with zero attached hydrogens (tertiary/aromatic N) is 1. The molecule has 0 saturated carbocycles. The van der Waals surface area contributed by atoms with Crippen LogP contribution in [0.4, 0.5) is 0 Å². The monoisotopic (exact) mass is 243 g/mol. The van der Waals surface area contributed by atoms with Gasteiger partial charge in [0.2, 0.25) is 6.54 Å². The summed E-state index contributed by atoms with van der Waals surface area (Å²) in [6.45, 7) is -0.306. The van der Waals surface area contributed by atoms with E-state index in [4.69, 9.17) is 0 Å². The zero-order chi connectivity index (χ0) is 13.0. The molecule has 4 nitrogen and oxygen atoms in total. The number of carbonyl (C=O) groups is 1. The molecule has 0 aliphatic carbocycles. The second-order valence-electron chi connectivity index (χ2n) is 3.85. The minimum atomic E-state index is -0.554. The van der Waals surface area contributed by atoms with Crippen molar-refractivity contribution in [1.29, 1.82) is 0 Å². The second kappa shape index (κ2) is 5.31. The molecule has 0 heterocycles. The molecular weight excluding hydrogens is 230 g/mol. The van der Waals surface area contributed by atoms with Crippen molar-refractivity contribution < 1.29 is 14.3 Å². The van der Waals surface area contributed by atoms with E-state index in [1.165, 1.54) is 13.3 Å². The van der Waals surface area contributed by atoms with Crippen LogP contribution in [0.2, 0.25) is 0 Å². The molecule has 0 spiro atoms. The predicted octanol–water partition coefficient (Wildman–Crippen LogP) is 1.94. The Hall–Kier alpha value is -2.36. The lowest BCUT2D eigenvalue weighted by Crippen LogP contribution is -2.18. The van der Waals surface area contributed by atoms with Crippen LogP contribution in [0.1, 0.15) is 5.56 Å². The maximum Gasteiger partial charge on any atom is 0.373 e. The summed E-state index contributed by atoms with van der Waals surface area (Å²) in [4.78, 5) is 11.0. The molecule has 0 amide bonds. The normalized spacial score (nSPS) is 11.5. The largest absolute Gasteiger partial charge is 0.623 e. The summed E-state index contributed by atoms with van der Waals surface area (Å²) >= 11 is 0. The molecule has 0 radical (unpaired) electrons. The summed E-state index contributed by atoms with van der Waals surface area (Å²) in [5, 5.41) is 13.6. The standard InChI is InChI=1S/C14H13NO3/c1-18-14(16)10-15(17)9-12-7-4-6-11-5-2-3-8-13(11)12/h2-9H,10H2,1H3/b15-9-. The van der Waals surface area contributed by atoms with Gasteiger partial charge in [-0.1, -0.05) is 36.4 Å². The molecule has 0 atom stereocenters. The molecule has 2 aromatic rings. The lowest BCUT2D eigenvalue weighted by atomic mass is 10.1. The van der Waals surface area contributed by atoms with E-state index in [-0.39, 0.29) is 6.54 Å². The fourth-order valence-electron chi connectivity index (χ4n) is 1.76. The molecule has 0 bridgehead atoms. The SMILES string of the molecule is COC(=O)C/[N+]([O-])=C/c1cccc2ccccc12. The number of benzene rings is 2. The van der Waals surface area contributed by atoms with Crippen LogP contribution in [0.3, 0.4) is 0 Å². The van der Waals surface area contributed by atoms with Crippen LogP contribution in [0, 0.1) is 5.21 Å². The number of hydrogen-bond donors (Lipinski definition) is 0. The van der Waals surface area contributed by atoms with E-state index in [0.717, 1.165) is 16.3 Å². The van der Waals surface area contributed by atoms with Crippen molar-refractivity contribution in [3.8, 4) is 0 Å². The average molecular weight is 243 g/mol. The van der Waals surface area contributed by atoms with Gasteiger partial charge in [0.15, 0.2) is 6.21 Å². The highest BCUT2D eigenvalue weighted by Gasteiger charge is 2.07. The predicted molar refractivity (Wildman–Crippen MR) is 69.6 cm³/mol. The van der Waals surface area contributed by atoms with Crippen molar-refractivity contribution in [3.63, 3.8) is 0 Å². The molecule has 0 unspecified atom stereocenters. The lowest BCUT2D eigenvalue weighted by molar-refractivity contribution is -0.442. The minimum absolute atomic E-state index is 0.306. The number of methoxy groups -OCH3 is 1. The summed E-state index contributed by atoms with van der Waals surface area (Å²) in [6, 6.07) is 13.5. The molecule has 0 aromatic heterocycles. The fourth-order valence-corrected chi connectivity index (χ4v) is 1.76. The number of esters is 1. The molecular formula is C14H13NO3. The zero-order valence-corrected chi connectivity index (χ0v) is 10.00. The number of carbonyl (C=O) groups excluding carboxylic acids is 1. The van der Waals surface area contributed by atoms with Crippen molar-refractivity contribution in [3.05, 3.63) is 53.2 Å². The topological polar surface area (TPSA) is 52.4 Å². The lowest BCUT2D eigenvalue weighted by Gasteiger charge is -2.04. The smallest absolute Gasteiger partial charge is 0.373 e.